The van der Waals surface area contributed by atoms with Crippen LogP contribution in [0.5, 0.6) is 0 Å². The fraction of sp³-hybridized carbons (Fsp3) is 0.450. The molecular weight excluding hydrogens is 432 g/mol. The Kier molecular flexibility index (Phi) is 7.70. The van der Waals surface area contributed by atoms with Gasteiger partial charge in [0.05, 0.1) is 29.0 Å². The molecule has 1 fully saturated rings. The number of carbonyl (C=O) groups excluding carboxylic acids is 1. The van der Waals surface area contributed by atoms with Gasteiger partial charge in [0.25, 0.3) is 0 Å². The lowest BCUT2D eigenvalue weighted by Gasteiger charge is -2.26. The zero-order valence-corrected chi connectivity index (χ0v) is 18.7. The van der Waals surface area contributed by atoms with Gasteiger partial charge < -0.3 is 9.64 Å². The molecule has 9 heteroatoms. The summed E-state index contributed by atoms with van der Waals surface area (Å²) in [5.41, 5.74) is 0.939. The Morgan fingerprint density at radius 3 is 2.45 bits per heavy atom. The van der Waals surface area contributed by atoms with Gasteiger partial charge in [0.2, 0.25) is 15.9 Å². The van der Waals surface area contributed by atoms with Gasteiger partial charge in [0.1, 0.15) is 0 Å². The van der Waals surface area contributed by atoms with E-state index in [4.69, 9.17) is 16.3 Å². The second-order valence-corrected chi connectivity index (χ2v) is 10.5. The lowest BCUT2D eigenvalue weighted by Crippen LogP contribution is -2.40. The number of benzene rings is 1. The normalized spacial score (nSPS) is 15.4. The van der Waals surface area contributed by atoms with Crippen LogP contribution in [-0.4, -0.2) is 56.4 Å². The van der Waals surface area contributed by atoms with Gasteiger partial charge in [-0.25, -0.2) is 8.42 Å². The summed E-state index contributed by atoms with van der Waals surface area (Å²) in [6.07, 6.45) is 0.945. The Bertz CT molecular complexity index is 922. The van der Waals surface area contributed by atoms with Gasteiger partial charge in [0.15, 0.2) is 0 Å². The number of amides is 1. The number of rotatable bonds is 8. The lowest BCUT2D eigenvalue weighted by molar-refractivity contribution is -0.131. The molecule has 0 N–H and O–H groups in total. The highest BCUT2D eigenvalue weighted by molar-refractivity contribution is 7.89. The average Bonchev–Trinajstić information content (AvgIpc) is 3.16. The van der Waals surface area contributed by atoms with Crippen LogP contribution in [0.3, 0.4) is 0 Å². The van der Waals surface area contributed by atoms with Crippen LogP contribution in [0.15, 0.2) is 41.3 Å². The molecular formula is C20H25ClN2O4S2. The lowest BCUT2D eigenvalue weighted by atomic mass is 10.1. The van der Waals surface area contributed by atoms with Gasteiger partial charge in [-0.05, 0) is 43.2 Å². The highest BCUT2D eigenvalue weighted by atomic mass is 35.5. The predicted molar refractivity (Wildman–Crippen MR) is 115 cm³/mol. The molecule has 6 nitrogen and oxygen atoms in total. The van der Waals surface area contributed by atoms with Crippen molar-refractivity contribution in [3.05, 3.63) is 51.2 Å². The van der Waals surface area contributed by atoms with Crippen LogP contribution < -0.4 is 0 Å². The fourth-order valence-electron chi connectivity index (χ4n) is 3.17. The topological polar surface area (TPSA) is 66.9 Å². The monoisotopic (exact) mass is 456 g/mol. The van der Waals surface area contributed by atoms with Crippen LogP contribution >= 0.6 is 22.9 Å². The Hall–Kier alpha value is -1.45. The number of sulfonamides is 1. The number of nitrogens with zero attached hydrogens (tertiary/aromatic N) is 2. The average molecular weight is 457 g/mol. The van der Waals surface area contributed by atoms with Crippen molar-refractivity contribution in [2.24, 2.45) is 0 Å². The Balaban J connectivity index is 1.57. The molecule has 0 saturated carbocycles. The molecule has 1 saturated heterocycles. The number of hydrogen-bond acceptors (Lipinski definition) is 5. The molecule has 0 unspecified atom stereocenters. The SMILES string of the molecule is CCN(Cc1ccc(Cl)s1)C(=O)CCc1ccc(S(=O)(=O)N2CCOCC2)cc1. The minimum atomic E-state index is -3.49. The number of halogens is 1. The summed E-state index contributed by atoms with van der Waals surface area (Å²) in [6.45, 7) is 4.74. The van der Waals surface area contributed by atoms with E-state index in [2.05, 4.69) is 0 Å². The molecule has 1 amide bonds. The first-order chi connectivity index (χ1) is 13.9. The van der Waals surface area contributed by atoms with Crippen LogP contribution in [0.4, 0.5) is 0 Å². The molecule has 1 aliphatic heterocycles. The number of carbonyl (C=O) groups is 1. The number of thiophene rings is 1. The molecule has 2 heterocycles. The maximum absolute atomic E-state index is 12.7. The first kappa shape index (κ1) is 22.2. The minimum Gasteiger partial charge on any atom is -0.379 e. The molecule has 0 atom stereocenters. The number of ether oxygens (including phenoxy) is 1. The summed E-state index contributed by atoms with van der Waals surface area (Å²) in [5.74, 6) is 0.0713. The first-order valence-electron chi connectivity index (χ1n) is 9.59. The Morgan fingerprint density at radius 2 is 1.86 bits per heavy atom. The van der Waals surface area contributed by atoms with Crippen LogP contribution in [0.1, 0.15) is 23.8 Å². The highest BCUT2D eigenvalue weighted by Crippen LogP contribution is 2.23. The van der Waals surface area contributed by atoms with E-state index in [1.54, 1.807) is 29.2 Å². The van der Waals surface area contributed by atoms with Gasteiger partial charge in [-0.2, -0.15) is 4.31 Å². The third-order valence-corrected chi connectivity index (χ3v) is 8.00. The smallest absolute Gasteiger partial charge is 0.243 e. The summed E-state index contributed by atoms with van der Waals surface area (Å²) in [7, 11) is -3.49. The van der Waals surface area contributed by atoms with Crippen molar-refractivity contribution >= 4 is 38.9 Å². The van der Waals surface area contributed by atoms with Crippen molar-refractivity contribution in [1.82, 2.24) is 9.21 Å². The molecule has 29 heavy (non-hydrogen) atoms. The van der Waals surface area contributed by atoms with Gasteiger partial charge in [-0.15, -0.1) is 11.3 Å². The van der Waals surface area contributed by atoms with Crippen molar-refractivity contribution in [1.29, 1.82) is 0 Å². The van der Waals surface area contributed by atoms with Crippen molar-refractivity contribution in [2.75, 3.05) is 32.8 Å². The zero-order valence-electron chi connectivity index (χ0n) is 16.3. The van der Waals surface area contributed by atoms with Gasteiger partial charge in [-0.1, -0.05) is 23.7 Å². The third-order valence-electron chi connectivity index (χ3n) is 4.87. The maximum Gasteiger partial charge on any atom is 0.243 e. The molecule has 1 aromatic carbocycles. The summed E-state index contributed by atoms with van der Waals surface area (Å²) in [4.78, 5) is 15.7. The predicted octanol–water partition coefficient (Wildman–Crippen LogP) is 3.40. The van der Waals surface area contributed by atoms with E-state index in [1.807, 2.05) is 19.1 Å². The van der Waals surface area contributed by atoms with Crippen molar-refractivity contribution in [3.8, 4) is 0 Å². The van der Waals surface area contributed by atoms with Gasteiger partial charge in [-0.3, -0.25) is 4.79 Å². The summed E-state index contributed by atoms with van der Waals surface area (Å²) in [5, 5.41) is 0. The van der Waals surface area contributed by atoms with Gasteiger partial charge >= 0.3 is 0 Å². The molecule has 0 spiro atoms. The largest absolute Gasteiger partial charge is 0.379 e. The number of morpholine rings is 1. The van der Waals surface area contributed by atoms with Crippen molar-refractivity contribution in [2.45, 2.75) is 31.2 Å². The van der Waals surface area contributed by atoms with E-state index in [0.29, 0.717) is 52.2 Å². The summed E-state index contributed by atoms with van der Waals surface area (Å²) >= 11 is 7.45. The fourth-order valence-corrected chi connectivity index (χ4v) is 5.69. The molecule has 0 aliphatic carbocycles. The Labute approximate surface area is 181 Å². The van der Waals surface area contributed by atoms with Crippen LogP contribution in [-0.2, 0) is 32.5 Å². The van der Waals surface area contributed by atoms with E-state index >= 15 is 0 Å². The Morgan fingerprint density at radius 1 is 1.17 bits per heavy atom. The van der Waals surface area contributed by atoms with Crippen LogP contribution in [0.25, 0.3) is 0 Å². The van der Waals surface area contributed by atoms with Crippen molar-refractivity contribution < 1.29 is 17.9 Å². The summed E-state index contributed by atoms with van der Waals surface area (Å²) < 4.78 is 32.7. The molecule has 2 aromatic rings. The third kappa shape index (κ3) is 5.79. The molecule has 0 bridgehead atoms. The molecule has 158 valence electrons. The molecule has 1 aliphatic rings. The molecule has 0 radical (unpaired) electrons. The van der Waals surface area contributed by atoms with Crippen molar-refractivity contribution in [3.63, 3.8) is 0 Å². The maximum atomic E-state index is 12.7. The minimum absolute atomic E-state index is 0.0713. The quantitative estimate of drug-likeness (QED) is 0.610. The molecule has 3 rings (SSSR count). The van der Waals surface area contributed by atoms with E-state index in [-0.39, 0.29) is 10.8 Å². The zero-order chi connectivity index (χ0) is 20.9. The highest BCUT2D eigenvalue weighted by Gasteiger charge is 2.26. The second kappa shape index (κ2) is 10.0. The number of hydrogen-bond donors (Lipinski definition) is 0. The van der Waals surface area contributed by atoms with E-state index < -0.39 is 10.0 Å². The summed E-state index contributed by atoms with van der Waals surface area (Å²) in [6, 6.07) is 10.6. The van der Waals surface area contributed by atoms with Crippen LogP contribution in [0, 0.1) is 0 Å². The second-order valence-electron chi connectivity index (χ2n) is 6.77. The van der Waals surface area contributed by atoms with E-state index in [9.17, 15) is 13.2 Å². The molecule has 1 aromatic heterocycles. The van der Waals surface area contributed by atoms with Crippen LogP contribution in [0.2, 0.25) is 4.34 Å². The van der Waals surface area contributed by atoms with Gasteiger partial charge in [0, 0.05) is 30.9 Å². The standard InChI is InChI=1S/C20H25ClN2O4S2/c1-2-22(15-17-6-9-19(21)28-17)20(24)10-5-16-3-7-18(8-4-16)29(25,26)23-11-13-27-14-12-23/h3-4,6-9H,2,5,10-15H2,1H3. The van der Waals surface area contributed by atoms with E-state index in [0.717, 1.165) is 14.8 Å². The first-order valence-corrected chi connectivity index (χ1v) is 12.2. The van der Waals surface area contributed by atoms with E-state index in [1.165, 1.54) is 15.6 Å². The number of aryl methyl sites for hydroxylation is 1.